The molecule has 0 heterocycles. The van der Waals surface area contributed by atoms with E-state index in [4.69, 9.17) is 5.11 Å². The van der Waals surface area contributed by atoms with Gasteiger partial charge in [0.05, 0.1) is 5.69 Å². The molecular formula is C10H16N2O. The summed E-state index contributed by atoms with van der Waals surface area (Å²) in [5.74, 6) is 0.302. The first-order chi connectivity index (χ1) is 6.27. The molecule has 0 saturated carbocycles. The first kappa shape index (κ1) is 9.86. The Balaban J connectivity index is 2.73. The molecular weight excluding hydrogens is 164 g/mol. The Morgan fingerprint density at radius 2 is 1.85 bits per heavy atom. The summed E-state index contributed by atoms with van der Waals surface area (Å²) in [4.78, 5) is 0. The predicted octanol–water partition coefficient (Wildman–Crippen LogP) is 1.74. The highest BCUT2D eigenvalue weighted by atomic mass is 16.3. The lowest BCUT2D eigenvalue weighted by Crippen LogP contribution is -2.37. The number of anilines is 1. The average Bonchev–Trinajstić information content (AvgIpc) is 2.16. The second kappa shape index (κ2) is 4.72. The van der Waals surface area contributed by atoms with Crippen LogP contribution in [0.4, 0.5) is 5.69 Å². The first-order valence-corrected chi connectivity index (χ1v) is 4.58. The molecule has 0 aromatic heterocycles. The van der Waals surface area contributed by atoms with Crippen molar-refractivity contribution in [2.75, 3.05) is 18.1 Å². The molecule has 13 heavy (non-hydrogen) atoms. The molecule has 0 spiro atoms. The Morgan fingerprint density at radius 3 is 2.31 bits per heavy atom. The van der Waals surface area contributed by atoms with E-state index in [-0.39, 0.29) is 0 Å². The molecule has 0 radical (unpaired) electrons. The maximum atomic E-state index is 9.10. The molecule has 1 aromatic rings. The van der Waals surface area contributed by atoms with Crippen molar-refractivity contribution in [2.45, 2.75) is 13.8 Å². The summed E-state index contributed by atoms with van der Waals surface area (Å²) < 4.78 is 0. The molecule has 72 valence electrons. The minimum absolute atomic E-state index is 0.302. The van der Waals surface area contributed by atoms with Gasteiger partial charge in [-0.15, -0.1) is 0 Å². The molecule has 1 aromatic carbocycles. The highest BCUT2D eigenvalue weighted by Crippen LogP contribution is 2.16. The highest BCUT2D eigenvalue weighted by Gasteiger charge is 2.00. The summed E-state index contributed by atoms with van der Waals surface area (Å²) in [6.07, 6.45) is 0. The van der Waals surface area contributed by atoms with Gasteiger partial charge in [0.25, 0.3) is 0 Å². The summed E-state index contributed by atoms with van der Waals surface area (Å²) in [5, 5.41) is 11.1. The molecule has 0 atom stereocenters. The Kier molecular flexibility index (Phi) is 3.58. The van der Waals surface area contributed by atoms with Gasteiger partial charge in [0.15, 0.2) is 0 Å². The number of benzene rings is 1. The van der Waals surface area contributed by atoms with Gasteiger partial charge >= 0.3 is 0 Å². The van der Waals surface area contributed by atoms with Gasteiger partial charge in [-0.1, -0.05) is 6.92 Å². The van der Waals surface area contributed by atoms with Gasteiger partial charge in [-0.25, -0.2) is 5.43 Å². The fourth-order valence-electron chi connectivity index (χ4n) is 1.21. The number of aromatic hydroxyl groups is 1. The van der Waals surface area contributed by atoms with Crippen molar-refractivity contribution in [3.8, 4) is 5.75 Å². The molecule has 0 unspecified atom stereocenters. The van der Waals surface area contributed by atoms with Crippen LogP contribution in [0.2, 0.25) is 0 Å². The van der Waals surface area contributed by atoms with Crippen LogP contribution in [-0.4, -0.2) is 18.2 Å². The second-order valence-corrected chi connectivity index (χ2v) is 2.77. The number of hydrazine groups is 1. The van der Waals surface area contributed by atoms with E-state index in [2.05, 4.69) is 19.3 Å². The largest absolute Gasteiger partial charge is 0.508 e. The van der Waals surface area contributed by atoms with Crippen molar-refractivity contribution < 1.29 is 5.11 Å². The zero-order valence-electron chi connectivity index (χ0n) is 8.12. The first-order valence-electron chi connectivity index (χ1n) is 4.58. The molecule has 0 aliphatic heterocycles. The highest BCUT2D eigenvalue weighted by molar-refractivity contribution is 5.47. The summed E-state index contributed by atoms with van der Waals surface area (Å²) in [6, 6.07) is 7.16. The van der Waals surface area contributed by atoms with Crippen molar-refractivity contribution in [2.24, 2.45) is 0 Å². The third kappa shape index (κ3) is 2.63. The van der Waals surface area contributed by atoms with Gasteiger partial charge in [-0.3, -0.25) is 0 Å². The van der Waals surface area contributed by atoms with Crippen LogP contribution in [0.1, 0.15) is 13.8 Å². The Bertz CT molecular complexity index is 246. The van der Waals surface area contributed by atoms with Gasteiger partial charge in [0, 0.05) is 13.1 Å². The zero-order chi connectivity index (χ0) is 9.68. The number of nitrogens with one attached hydrogen (secondary N) is 1. The smallest absolute Gasteiger partial charge is 0.115 e. The molecule has 0 amide bonds. The van der Waals surface area contributed by atoms with Crippen molar-refractivity contribution in [1.29, 1.82) is 0 Å². The summed E-state index contributed by atoms with van der Waals surface area (Å²) in [7, 11) is 0. The lowest BCUT2D eigenvalue weighted by molar-refractivity contribution is 0.475. The monoisotopic (exact) mass is 180 g/mol. The molecule has 3 nitrogen and oxygen atoms in total. The molecule has 0 bridgehead atoms. The predicted molar refractivity (Wildman–Crippen MR) is 54.8 cm³/mol. The van der Waals surface area contributed by atoms with Gasteiger partial charge in [0.2, 0.25) is 0 Å². The topological polar surface area (TPSA) is 35.5 Å². The fraction of sp³-hybridized carbons (Fsp3) is 0.400. The van der Waals surface area contributed by atoms with Crippen molar-refractivity contribution >= 4 is 5.69 Å². The Hall–Kier alpha value is -1.22. The van der Waals surface area contributed by atoms with Crippen molar-refractivity contribution in [3.63, 3.8) is 0 Å². The second-order valence-electron chi connectivity index (χ2n) is 2.77. The molecule has 0 saturated heterocycles. The summed E-state index contributed by atoms with van der Waals surface area (Å²) in [6.45, 7) is 5.94. The van der Waals surface area contributed by atoms with Gasteiger partial charge in [-0.05, 0) is 31.2 Å². The number of hydrogen-bond donors (Lipinski definition) is 2. The average molecular weight is 180 g/mol. The Labute approximate surface area is 79.0 Å². The van der Waals surface area contributed by atoms with Crippen molar-refractivity contribution in [3.05, 3.63) is 24.3 Å². The lowest BCUT2D eigenvalue weighted by atomic mass is 10.3. The van der Waals surface area contributed by atoms with E-state index in [0.29, 0.717) is 5.75 Å². The van der Waals surface area contributed by atoms with Crippen LogP contribution >= 0.6 is 0 Å². The number of phenolic OH excluding ortho intramolecular Hbond substituents is 1. The maximum Gasteiger partial charge on any atom is 0.115 e. The van der Waals surface area contributed by atoms with E-state index in [1.807, 2.05) is 17.1 Å². The minimum atomic E-state index is 0.302. The van der Waals surface area contributed by atoms with Crippen LogP contribution in [0.25, 0.3) is 0 Å². The third-order valence-electron chi connectivity index (χ3n) is 1.83. The molecule has 3 heteroatoms. The lowest BCUT2D eigenvalue weighted by Gasteiger charge is -2.23. The summed E-state index contributed by atoms with van der Waals surface area (Å²) in [5.41, 5.74) is 4.29. The molecule has 2 N–H and O–H groups in total. The van der Waals surface area contributed by atoms with Crippen LogP contribution in [-0.2, 0) is 0 Å². The maximum absolute atomic E-state index is 9.10. The molecule has 1 rings (SSSR count). The fourth-order valence-corrected chi connectivity index (χ4v) is 1.21. The van der Waals surface area contributed by atoms with Gasteiger partial charge in [0.1, 0.15) is 5.75 Å². The normalized spacial score (nSPS) is 10.0. The minimum Gasteiger partial charge on any atom is -0.508 e. The number of rotatable bonds is 4. The molecule has 0 aliphatic carbocycles. The Morgan fingerprint density at radius 1 is 1.23 bits per heavy atom. The standard InChI is InChI=1S/C10H16N2O/c1-3-11-12(4-2)9-5-7-10(13)8-6-9/h5-8,11,13H,3-4H2,1-2H3. The van der Waals surface area contributed by atoms with E-state index in [0.717, 1.165) is 18.8 Å². The SMILES string of the molecule is CCNN(CC)c1ccc(O)cc1. The van der Waals surface area contributed by atoms with Gasteiger partial charge in [-0.2, -0.15) is 0 Å². The van der Waals surface area contributed by atoms with Crippen LogP contribution in [0.3, 0.4) is 0 Å². The van der Waals surface area contributed by atoms with Crippen LogP contribution in [0.5, 0.6) is 5.75 Å². The van der Waals surface area contributed by atoms with Gasteiger partial charge < -0.3 is 10.1 Å². The third-order valence-corrected chi connectivity index (χ3v) is 1.83. The van der Waals surface area contributed by atoms with Crippen LogP contribution in [0.15, 0.2) is 24.3 Å². The molecule has 0 aliphatic rings. The van der Waals surface area contributed by atoms with Crippen molar-refractivity contribution in [1.82, 2.24) is 5.43 Å². The van der Waals surface area contributed by atoms with Crippen LogP contribution in [0, 0.1) is 0 Å². The summed E-state index contributed by atoms with van der Waals surface area (Å²) >= 11 is 0. The quantitative estimate of drug-likeness (QED) is 0.693. The zero-order valence-corrected chi connectivity index (χ0v) is 8.12. The number of phenols is 1. The van der Waals surface area contributed by atoms with Crippen LogP contribution < -0.4 is 10.4 Å². The number of nitrogens with zero attached hydrogens (tertiary/aromatic N) is 1. The number of hydrogen-bond acceptors (Lipinski definition) is 3. The van der Waals surface area contributed by atoms with E-state index in [1.165, 1.54) is 0 Å². The van der Waals surface area contributed by atoms with E-state index in [9.17, 15) is 0 Å². The van der Waals surface area contributed by atoms with E-state index >= 15 is 0 Å². The van der Waals surface area contributed by atoms with E-state index < -0.39 is 0 Å². The van der Waals surface area contributed by atoms with E-state index in [1.54, 1.807) is 12.1 Å². The molecule has 0 fully saturated rings.